The van der Waals surface area contributed by atoms with Crippen LogP contribution in [0.3, 0.4) is 0 Å². The van der Waals surface area contributed by atoms with Crippen molar-refractivity contribution in [1.29, 1.82) is 0 Å². The third-order valence-corrected chi connectivity index (χ3v) is 3.85. The van der Waals surface area contributed by atoms with E-state index in [0.29, 0.717) is 6.61 Å². The van der Waals surface area contributed by atoms with Gasteiger partial charge in [-0.3, -0.25) is 0 Å². The molecule has 0 bridgehead atoms. The first-order valence-electron chi connectivity index (χ1n) is 8.51. The smallest absolute Gasteiger partial charge is 0.491 e. The highest BCUT2D eigenvalue weighted by Crippen LogP contribution is 1.97. The number of benzene rings is 1. The number of rotatable bonds is 12. The molecule has 1 rings (SSSR count). The van der Waals surface area contributed by atoms with Crippen LogP contribution in [0.25, 0.3) is 0 Å². The molecule has 0 saturated carbocycles. The zero-order valence-corrected chi connectivity index (χ0v) is 17.4. The van der Waals surface area contributed by atoms with Crippen LogP contribution in [0.2, 0.25) is 0 Å². The second-order valence-corrected chi connectivity index (χ2v) is 5.74. The zero-order valence-electron chi connectivity index (χ0n) is 15.2. The summed E-state index contributed by atoms with van der Waals surface area (Å²) in [7, 11) is -0.814. The summed E-state index contributed by atoms with van der Waals surface area (Å²) in [6.07, 6.45) is 3.60. The van der Waals surface area contributed by atoms with Crippen molar-refractivity contribution in [2.24, 2.45) is 0 Å². The Labute approximate surface area is 171 Å². The van der Waals surface area contributed by atoms with Gasteiger partial charge in [-0.15, -0.1) is 0 Å². The SMILES string of the molecule is CCOB(O)c1ccc(C[NH+](CCC[NH3+])CCCC[NH3+])cc1.[Cl-].[Cl-].[Cl-]. The number of unbranched alkanes of at least 4 members (excludes halogenated alkanes) is 1. The van der Waals surface area contributed by atoms with E-state index in [-0.39, 0.29) is 37.2 Å². The van der Waals surface area contributed by atoms with Crippen LogP contribution in [0.5, 0.6) is 0 Å². The Balaban J connectivity index is -0.00000161. The van der Waals surface area contributed by atoms with E-state index in [1.807, 2.05) is 19.1 Å². The number of halogens is 3. The molecule has 0 heterocycles. The summed E-state index contributed by atoms with van der Waals surface area (Å²) in [6.45, 7) is 7.81. The van der Waals surface area contributed by atoms with Gasteiger partial charge in [0, 0.05) is 31.4 Å². The van der Waals surface area contributed by atoms with Gasteiger partial charge in [-0.25, -0.2) is 0 Å². The molecule has 1 unspecified atom stereocenters. The van der Waals surface area contributed by atoms with E-state index < -0.39 is 7.12 Å². The predicted molar refractivity (Wildman–Crippen MR) is 89.4 cm³/mol. The van der Waals surface area contributed by atoms with Crippen LogP contribution in [-0.2, 0) is 11.2 Å². The lowest BCUT2D eigenvalue weighted by Gasteiger charge is -2.19. The minimum absolute atomic E-state index is 0. The first kappa shape index (κ1) is 29.7. The Bertz CT molecular complexity index is 403. The number of quaternary nitrogens is 3. The summed E-state index contributed by atoms with van der Waals surface area (Å²) in [5, 5.41) is 9.81. The van der Waals surface area contributed by atoms with Gasteiger partial charge in [0.15, 0.2) is 0 Å². The van der Waals surface area contributed by atoms with Crippen LogP contribution in [0.4, 0.5) is 0 Å². The standard InChI is InChI=1S/C16H30BN3O2.3ClH/c1-2-22-17(21)16-8-6-15(7-9-16)14-20(13-5-11-19)12-4-3-10-18;;;/h6-9,21H,2-5,10-14,18-19H2,1H3;3*1H. The van der Waals surface area contributed by atoms with Gasteiger partial charge in [0.2, 0.25) is 0 Å². The average Bonchev–Trinajstić information content (AvgIpc) is 2.53. The topological polar surface area (TPSA) is 89.2 Å². The highest BCUT2D eigenvalue weighted by Gasteiger charge is 2.16. The van der Waals surface area contributed by atoms with E-state index in [1.54, 1.807) is 4.90 Å². The summed E-state index contributed by atoms with van der Waals surface area (Å²) in [6, 6.07) is 8.13. The van der Waals surface area contributed by atoms with Crippen molar-refractivity contribution in [3.05, 3.63) is 29.8 Å². The molecule has 0 fully saturated rings. The maximum Gasteiger partial charge on any atom is 0.491 e. The molecule has 5 nitrogen and oxygen atoms in total. The van der Waals surface area contributed by atoms with Crippen LogP contribution in [0.1, 0.15) is 31.7 Å². The van der Waals surface area contributed by atoms with Gasteiger partial charge in [0.25, 0.3) is 0 Å². The Hall–Kier alpha value is -0.0451. The quantitative estimate of drug-likeness (QED) is 0.201. The minimum atomic E-state index is -0.814. The fourth-order valence-corrected chi connectivity index (χ4v) is 2.57. The van der Waals surface area contributed by atoms with Crippen LogP contribution in [-0.4, -0.2) is 44.9 Å². The van der Waals surface area contributed by atoms with Crippen molar-refractivity contribution in [2.45, 2.75) is 32.7 Å². The number of nitrogens with one attached hydrogen (secondary N) is 1. The average molecular weight is 417 g/mol. The molecule has 0 saturated heterocycles. The molecule has 25 heavy (non-hydrogen) atoms. The third kappa shape index (κ3) is 12.9. The molecule has 1 aromatic carbocycles. The second kappa shape index (κ2) is 18.7. The largest absolute Gasteiger partial charge is 1.00 e. The fraction of sp³-hybridized carbons (Fsp3) is 0.625. The molecule has 148 valence electrons. The number of hydrogen-bond donors (Lipinski definition) is 4. The second-order valence-electron chi connectivity index (χ2n) is 5.74. The van der Waals surface area contributed by atoms with Gasteiger partial charge in [0.1, 0.15) is 6.54 Å². The van der Waals surface area contributed by atoms with E-state index in [4.69, 9.17) is 4.65 Å². The Morgan fingerprint density at radius 3 is 2.04 bits per heavy atom. The minimum Gasteiger partial charge on any atom is -1.00 e. The highest BCUT2D eigenvalue weighted by molar-refractivity contribution is 6.59. The van der Waals surface area contributed by atoms with Gasteiger partial charge in [-0.05, 0) is 12.4 Å². The Morgan fingerprint density at radius 1 is 0.960 bits per heavy atom. The molecule has 0 aliphatic heterocycles. The maximum atomic E-state index is 9.81. The molecular formula is C16H33BCl3N3O2. The van der Waals surface area contributed by atoms with E-state index >= 15 is 0 Å². The third-order valence-electron chi connectivity index (χ3n) is 3.85. The van der Waals surface area contributed by atoms with Gasteiger partial charge in [-0.2, -0.15) is 0 Å². The summed E-state index contributed by atoms with van der Waals surface area (Å²) < 4.78 is 5.20. The van der Waals surface area contributed by atoms with Gasteiger partial charge < -0.3 is 63.3 Å². The van der Waals surface area contributed by atoms with E-state index in [1.165, 1.54) is 37.9 Å². The lowest BCUT2D eigenvalue weighted by molar-refractivity contribution is -0.915. The van der Waals surface area contributed by atoms with Crippen LogP contribution in [0.15, 0.2) is 24.3 Å². The molecule has 0 radical (unpaired) electrons. The van der Waals surface area contributed by atoms with Crippen molar-refractivity contribution in [3.8, 4) is 0 Å². The first-order valence-corrected chi connectivity index (χ1v) is 8.51. The van der Waals surface area contributed by atoms with Crippen molar-refractivity contribution in [2.75, 3.05) is 32.8 Å². The maximum absolute atomic E-state index is 9.81. The molecule has 1 atom stereocenters. The molecular weight excluding hydrogens is 383 g/mol. The Morgan fingerprint density at radius 2 is 1.52 bits per heavy atom. The van der Waals surface area contributed by atoms with Gasteiger partial charge in [0.05, 0.1) is 26.2 Å². The summed E-state index contributed by atoms with van der Waals surface area (Å²) in [4.78, 5) is 1.61. The summed E-state index contributed by atoms with van der Waals surface area (Å²) >= 11 is 0. The molecule has 0 aliphatic carbocycles. The highest BCUT2D eigenvalue weighted by atomic mass is 35.5. The van der Waals surface area contributed by atoms with Crippen molar-refractivity contribution >= 4 is 12.6 Å². The summed E-state index contributed by atoms with van der Waals surface area (Å²) in [5.41, 5.74) is 9.99. The van der Waals surface area contributed by atoms with Crippen LogP contribution >= 0.6 is 0 Å². The van der Waals surface area contributed by atoms with Crippen molar-refractivity contribution in [3.63, 3.8) is 0 Å². The molecule has 9 heteroatoms. The number of hydrogen-bond acceptors (Lipinski definition) is 2. The lowest BCUT2D eigenvalue weighted by atomic mass is 9.79. The van der Waals surface area contributed by atoms with Gasteiger partial charge >= 0.3 is 7.12 Å². The molecule has 0 amide bonds. The van der Waals surface area contributed by atoms with Crippen molar-refractivity contribution < 1.29 is 63.3 Å². The fourth-order valence-electron chi connectivity index (χ4n) is 2.57. The zero-order chi connectivity index (χ0) is 16.2. The van der Waals surface area contributed by atoms with Crippen molar-refractivity contribution in [1.82, 2.24) is 0 Å². The van der Waals surface area contributed by atoms with Crippen LogP contribution < -0.4 is 59.1 Å². The predicted octanol–water partition coefficient (Wildman–Crippen LogP) is -11.5. The molecule has 8 N–H and O–H groups in total. The Kier molecular flexibility index (Phi) is 22.3. The molecule has 1 aromatic rings. The molecule has 0 spiro atoms. The van der Waals surface area contributed by atoms with E-state index in [9.17, 15) is 5.02 Å². The van der Waals surface area contributed by atoms with Crippen LogP contribution in [0, 0.1) is 0 Å². The first-order chi connectivity index (χ1) is 10.7. The normalized spacial score (nSPS) is 10.9. The molecule has 0 aliphatic rings. The molecule has 0 aromatic heterocycles. The summed E-state index contributed by atoms with van der Waals surface area (Å²) in [5.74, 6) is 0. The van der Waals surface area contributed by atoms with E-state index in [2.05, 4.69) is 23.6 Å². The lowest BCUT2D eigenvalue weighted by Crippen LogP contribution is -3.10. The monoisotopic (exact) mass is 415 g/mol. The van der Waals surface area contributed by atoms with Gasteiger partial charge in [-0.1, -0.05) is 24.3 Å². The van der Waals surface area contributed by atoms with E-state index in [0.717, 1.165) is 25.1 Å².